The van der Waals surface area contributed by atoms with Crippen molar-refractivity contribution in [1.82, 2.24) is 19.7 Å². The van der Waals surface area contributed by atoms with E-state index in [4.69, 9.17) is 25.8 Å². The van der Waals surface area contributed by atoms with E-state index in [0.717, 1.165) is 39.0 Å². The lowest BCUT2D eigenvalue weighted by Crippen LogP contribution is -2.33. The molecule has 186 valence electrons. The number of H-pyrrole nitrogens is 1. The molecule has 1 N–H and O–H groups in total. The number of ether oxygens (including phenoxy) is 3. The maximum absolute atomic E-state index is 6.69. The Morgan fingerprint density at radius 1 is 0.946 bits per heavy atom. The zero-order valence-corrected chi connectivity index (χ0v) is 20.9. The van der Waals surface area contributed by atoms with E-state index in [1.165, 1.54) is 0 Å². The third kappa shape index (κ3) is 4.09. The summed E-state index contributed by atoms with van der Waals surface area (Å²) in [5.74, 6) is 0.378. The minimum atomic E-state index is -0.174. The zero-order chi connectivity index (χ0) is 24.9. The fourth-order valence-electron chi connectivity index (χ4n) is 5.25. The molecule has 2 aliphatic heterocycles. The fourth-order valence-corrected chi connectivity index (χ4v) is 5.53. The average molecular weight is 513 g/mol. The van der Waals surface area contributed by atoms with Crippen molar-refractivity contribution < 1.29 is 14.2 Å². The van der Waals surface area contributed by atoms with Crippen molar-refractivity contribution in [2.45, 2.75) is 25.2 Å². The second-order valence-electron chi connectivity index (χ2n) is 9.70. The Hall–Kier alpha value is -3.65. The maximum Gasteiger partial charge on any atom is 0.295 e. The molecule has 0 bridgehead atoms. The molecule has 0 radical (unpaired) electrons. The van der Waals surface area contributed by atoms with Crippen LogP contribution in [0.1, 0.15) is 6.92 Å². The first-order valence-corrected chi connectivity index (χ1v) is 12.8. The van der Waals surface area contributed by atoms with Crippen LogP contribution < -0.4 is 4.74 Å². The molecule has 2 aromatic heterocycles. The Morgan fingerprint density at radius 3 is 2.43 bits per heavy atom. The van der Waals surface area contributed by atoms with Crippen LogP contribution in [0.4, 0.5) is 0 Å². The van der Waals surface area contributed by atoms with Crippen LogP contribution in [-0.4, -0.2) is 51.3 Å². The lowest BCUT2D eigenvalue weighted by Gasteiger charge is -2.15. The summed E-state index contributed by atoms with van der Waals surface area (Å²) in [7, 11) is 0. The highest BCUT2D eigenvalue weighted by molar-refractivity contribution is 6.34. The van der Waals surface area contributed by atoms with Crippen LogP contribution in [0.25, 0.3) is 39.0 Å². The van der Waals surface area contributed by atoms with Gasteiger partial charge in [-0.2, -0.15) is 10.1 Å². The van der Waals surface area contributed by atoms with E-state index >= 15 is 0 Å². The molecule has 4 atom stereocenters. The minimum Gasteiger partial charge on any atom is -0.456 e. The number of imidazole rings is 1. The summed E-state index contributed by atoms with van der Waals surface area (Å²) in [5, 5.41) is 4.93. The number of hydrogen-bond donors (Lipinski definition) is 1. The van der Waals surface area contributed by atoms with E-state index in [1.807, 2.05) is 29.1 Å². The van der Waals surface area contributed by atoms with Crippen molar-refractivity contribution in [3.8, 4) is 34.0 Å². The van der Waals surface area contributed by atoms with E-state index in [2.05, 4.69) is 70.5 Å². The van der Waals surface area contributed by atoms with Gasteiger partial charge in [-0.3, -0.25) is 0 Å². The monoisotopic (exact) mass is 512 g/mol. The van der Waals surface area contributed by atoms with E-state index in [9.17, 15) is 0 Å². The first-order chi connectivity index (χ1) is 18.1. The number of hydrogen-bond acceptors (Lipinski definition) is 5. The number of benzene rings is 3. The number of aromatic amines is 1. The summed E-state index contributed by atoms with van der Waals surface area (Å²) in [6.07, 6.45) is 3.57. The third-order valence-corrected chi connectivity index (χ3v) is 7.55. The van der Waals surface area contributed by atoms with Crippen molar-refractivity contribution in [3.63, 3.8) is 0 Å². The normalized spacial score (nSPS) is 23.0. The van der Waals surface area contributed by atoms with Gasteiger partial charge in [-0.25, -0.2) is 4.68 Å². The summed E-state index contributed by atoms with van der Waals surface area (Å²) in [6, 6.07) is 23.0. The van der Waals surface area contributed by atoms with Crippen LogP contribution in [0.15, 0.2) is 79.1 Å². The quantitative estimate of drug-likeness (QED) is 0.316. The first-order valence-electron chi connectivity index (χ1n) is 12.4. The van der Waals surface area contributed by atoms with Gasteiger partial charge in [0.05, 0.1) is 41.1 Å². The number of halogens is 1. The molecule has 2 aliphatic rings. The van der Waals surface area contributed by atoms with Crippen LogP contribution in [0.2, 0.25) is 5.02 Å². The van der Waals surface area contributed by atoms with Crippen molar-refractivity contribution in [2.75, 3.05) is 13.2 Å². The SMILES string of the molecule is C[C@@H]1CO[C@H]2[C@@H]1OC[C@H]2Oc1nc2cc(-c3ccc(-c4ccc(-n5cccn5)cc4)cc3)c(Cl)cc2[nH]1. The fraction of sp³-hybridized carbons (Fsp3) is 0.241. The topological polar surface area (TPSA) is 74.2 Å². The average Bonchev–Trinajstić information content (AvgIpc) is 3.71. The smallest absolute Gasteiger partial charge is 0.295 e. The molecular weight excluding hydrogens is 488 g/mol. The zero-order valence-electron chi connectivity index (χ0n) is 20.2. The van der Waals surface area contributed by atoms with Gasteiger partial charge in [0.15, 0.2) is 6.10 Å². The molecule has 3 aromatic carbocycles. The van der Waals surface area contributed by atoms with Gasteiger partial charge in [-0.15, -0.1) is 0 Å². The predicted molar refractivity (Wildman–Crippen MR) is 142 cm³/mol. The molecule has 8 heteroatoms. The van der Waals surface area contributed by atoms with E-state index < -0.39 is 0 Å². The first kappa shape index (κ1) is 22.5. The van der Waals surface area contributed by atoms with Gasteiger partial charge in [0.2, 0.25) is 0 Å². The molecule has 4 heterocycles. The van der Waals surface area contributed by atoms with Crippen LogP contribution >= 0.6 is 11.6 Å². The van der Waals surface area contributed by atoms with Crippen LogP contribution in [0, 0.1) is 5.92 Å². The minimum absolute atomic E-state index is 0.0531. The molecule has 7 rings (SSSR count). The summed E-state index contributed by atoms with van der Waals surface area (Å²) in [6.45, 7) is 3.34. The second kappa shape index (κ2) is 9.03. The predicted octanol–water partition coefficient (Wildman–Crippen LogP) is 5.92. The number of nitrogens with one attached hydrogen (secondary N) is 1. The van der Waals surface area contributed by atoms with E-state index in [1.54, 1.807) is 6.20 Å². The summed E-state index contributed by atoms with van der Waals surface area (Å²) >= 11 is 6.69. The Morgan fingerprint density at radius 2 is 1.68 bits per heavy atom. The van der Waals surface area contributed by atoms with Crippen molar-refractivity contribution in [3.05, 3.63) is 84.1 Å². The Kier molecular flexibility index (Phi) is 5.50. The van der Waals surface area contributed by atoms with Crippen LogP contribution in [-0.2, 0) is 9.47 Å². The summed E-state index contributed by atoms with van der Waals surface area (Å²) in [5.41, 5.74) is 6.86. The summed E-state index contributed by atoms with van der Waals surface area (Å²) < 4.78 is 19.8. The van der Waals surface area contributed by atoms with Crippen molar-refractivity contribution >= 4 is 22.6 Å². The van der Waals surface area contributed by atoms with Gasteiger partial charge >= 0.3 is 0 Å². The lowest BCUT2D eigenvalue weighted by molar-refractivity contribution is 0.0262. The molecule has 7 nitrogen and oxygen atoms in total. The van der Waals surface area contributed by atoms with Crippen molar-refractivity contribution in [1.29, 1.82) is 0 Å². The van der Waals surface area contributed by atoms with E-state index in [0.29, 0.717) is 30.2 Å². The molecule has 5 aromatic rings. The van der Waals surface area contributed by atoms with E-state index in [-0.39, 0.29) is 18.3 Å². The summed E-state index contributed by atoms with van der Waals surface area (Å²) in [4.78, 5) is 7.92. The number of nitrogens with zero attached hydrogens (tertiary/aromatic N) is 3. The Bertz CT molecular complexity index is 1550. The second-order valence-corrected chi connectivity index (χ2v) is 10.1. The third-order valence-electron chi connectivity index (χ3n) is 7.23. The van der Waals surface area contributed by atoms with Crippen LogP contribution in [0.5, 0.6) is 6.01 Å². The Balaban J connectivity index is 1.11. The number of aromatic nitrogens is 4. The molecule has 0 unspecified atom stereocenters. The van der Waals surface area contributed by atoms with Crippen LogP contribution in [0.3, 0.4) is 0 Å². The molecule has 2 saturated heterocycles. The molecule has 37 heavy (non-hydrogen) atoms. The van der Waals surface area contributed by atoms with Gasteiger partial charge in [0, 0.05) is 23.9 Å². The number of rotatable bonds is 5. The highest BCUT2D eigenvalue weighted by Crippen LogP contribution is 2.35. The largest absolute Gasteiger partial charge is 0.456 e. The molecular formula is C29H25ClN4O3. The van der Waals surface area contributed by atoms with Gasteiger partial charge in [-0.1, -0.05) is 54.9 Å². The van der Waals surface area contributed by atoms with Gasteiger partial charge < -0.3 is 19.2 Å². The molecule has 0 spiro atoms. The number of fused-ring (bicyclic) bond motifs is 2. The molecule has 2 fully saturated rings. The molecule has 0 aliphatic carbocycles. The standard InChI is InChI=1S/C29H25ClN4O3/c1-17-15-35-28-26(16-36-27(17)28)37-29-32-24-13-22(23(30)14-25(24)33-29)20-5-3-18(4-6-20)19-7-9-21(10-8-19)34-12-2-11-31-34/h2-14,17,26-28H,15-16H2,1H3,(H,32,33)/t17-,26-,27-,28-/m1/s1. The van der Waals surface area contributed by atoms with Crippen molar-refractivity contribution in [2.24, 2.45) is 5.92 Å². The maximum atomic E-state index is 6.69. The molecule has 0 saturated carbocycles. The van der Waals surface area contributed by atoms with Gasteiger partial charge in [0.1, 0.15) is 6.10 Å². The van der Waals surface area contributed by atoms with Gasteiger partial charge in [-0.05, 0) is 47.0 Å². The highest BCUT2D eigenvalue weighted by Gasteiger charge is 2.47. The molecule has 0 amide bonds. The highest BCUT2D eigenvalue weighted by atomic mass is 35.5. The Labute approximate surface area is 219 Å². The lowest BCUT2D eigenvalue weighted by atomic mass is 10.00. The van der Waals surface area contributed by atoms with Gasteiger partial charge in [0.25, 0.3) is 6.01 Å².